The molecular formula is C27H28N2O6S. The molecular weight excluding hydrogens is 480 g/mol. The van der Waals surface area contributed by atoms with E-state index >= 15 is 0 Å². The van der Waals surface area contributed by atoms with Crippen molar-refractivity contribution in [2.45, 2.75) is 79.2 Å². The number of carbonyl (C=O) groups is 1. The molecule has 8 nitrogen and oxygen atoms in total. The minimum absolute atomic E-state index is 0.0130. The molecule has 3 saturated carbocycles. The van der Waals surface area contributed by atoms with Crippen LogP contribution in [0.4, 0.5) is 0 Å². The number of aryl methyl sites for hydroxylation is 1. The van der Waals surface area contributed by atoms with Crippen LogP contribution in [-0.4, -0.2) is 70.1 Å². The number of piperidine rings is 1. The molecule has 3 heterocycles. The standard InChI is InChI=1S/C27H28N2O6S/c1-14-6-9-19(30)22-21(14)26-12-18-23(28(18)13-15-7-8-15)27(26,32)11-10-17(24(26)35-22)29-25(31)16-4-2-3-5-20(16)36(29,33)34/h2-6,9,15,17-18,23-24,30,32H,7-8,10-13H2,1H3/t17-,18?,23-,24+,26+,27-,28?/m1/s1. The fourth-order valence-corrected chi connectivity index (χ4v) is 10.0. The van der Waals surface area contributed by atoms with E-state index in [1.807, 2.05) is 13.0 Å². The molecule has 3 aliphatic heterocycles. The van der Waals surface area contributed by atoms with Gasteiger partial charge in [-0.05, 0) is 68.7 Å². The van der Waals surface area contributed by atoms with Crippen LogP contribution in [0.2, 0.25) is 0 Å². The fourth-order valence-electron chi connectivity index (χ4n) is 8.23. The molecule has 2 unspecified atom stereocenters. The number of rotatable bonds is 3. The summed E-state index contributed by atoms with van der Waals surface area (Å²) in [7, 11) is -4.06. The second kappa shape index (κ2) is 6.44. The number of aliphatic hydroxyl groups is 1. The number of amides is 1. The van der Waals surface area contributed by atoms with E-state index in [0.29, 0.717) is 30.9 Å². The lowest BCUT2D eigenvalue weighted by atomic mass is 9.57. The second-order valence-corrected chi connectivity index (χ2v) is 13.4. The number of phenols is 1. The maximum atomic E-state index is 13.6. The van der Waals surface area contributed by atoms with Gasteiger partial charge < -0.3 is 14.9 Å². The van der Waals surface area contributed by atoms with Crippen LogP contribution < -0.4 is 4.74 Å². The Morgan fingerprint density at radius 1 is 1.11 bits per heavy atom. The zero-order valence-electron chi connectivity index (χ0n) is 19.9. The fraction of sp³-hybridized carbons (Fsp3) is 0.519. The van der Waals surface area contributed by atoms with Gasteiger partial charge in [-0.15, -0.1) is 0 Å². The summed E-state index contributed by atoms with van der Waals surface area (Å²) in [5.41, 5.74) is -0.171. The molecule has 0 bridgehead atoms. The van der Waals surface area contributed by atoms with Crippen molar-refractivity contribution in [2.24, 2.45) is 5.92 Å². The minimum atomic E-state index is -4.06. The number of hydrogen-bond donors (Lipinski definition) is 2. The highest BCUT2D eigenvalue weighted by molar-refractivity contribution is 7.90. The molecule has 9 heteroatoms. The quantitative estimate of drug-likeness (QED) is 0.613. The van der Waals surface area contributed by atoms with Crippen molar-refractivity contribution in [1.29, 1.82) is 0 Å². The zero-order chi connectivity index (χ0) is 24.8. The first kappa shape index (κ1) is 21.5. The molecule has 36 heavy (non-hydrogen) atoms. The Morgan fingerprint density at radius 2 is 1.89 bits per heavy atom. The van der Waals surface area contributed by atoms with Crippen molar-refractivity contribution < 1.29 is 28.2 Å². The third-order valence-corrected chi connectivity index (χ3v) is 11.7. The van der Waals surface area contributed by atoms with Crippen molar-refractivity contribution in [3.05, 3.63) is 53.1 Å². The van der Waals surface area contributed by atoms with E-state index in [-0.39, 0.29) is 28.3 Å². The summed E-state index contributed by atoms with van der Waals surface area (Å²) in [5, 5.41) is 23.3. The summed E-state index contributed by atoms with van der Waals surface area (Å²) in [6.45, 7) is 2.94. The summed E-state index contributed by atoms with van der Waals surface area (Å²) in [6, 6.07) is 9.11. The third kappa shape index (κ3) is 2.29. The summed E-state index contributed by atoms with van der Waals surface area (Å²) >= 11 is 0. The van der Waals surface area contributed by atoms with E-state index in [2.05, 4.69) is 4.90 Å². The van der Waals surface area contributed by atoms with Gasteiger partial charge in [-0.25, -0.2) is 12.7 Å². The first-order chi connectivity index (χ1) is 17.2. The summed E-state index contributed by atoms with van der Waals surface area (Å²) in [4.78, 5) is 15.9. The molecule has 188 valence electrons. The summed E-state index contributed by atoms with van der Waals surface area (Å²) in [6.07, 6.45) is 2.98. The van der Waals surface area contributed by atoms with Gasteiger partial charge in [-0.1, -0.05) is 18.2 Å². The lowest BCUT2D eigenvalue weighted by molar-refractivity contribution is -0.121. The van der Waals surface area contributed by atoms with E-state index in [1.54, 1.807) is 24.3 Å². The molecule has 4 fully saturated rings. The maximum absolute atomic E-state index is 13.6. The normalized spacial score (nSPS) is 40.7. The zero-order valence-corrected chi connectivity index (χ0v) is 20.7. The topological polar surface area (TPSA) is 107 Å². The lowest BCUT2D eigenvalue weighted by Gasteiger charge is -2.53. The molecule has 0 radical (unpaired) electrons. The molecule has 1 amide bonds. The smallest absolute Gasteiger partial charge is 0.269 e. The Balaban J connectivity index is 1.28. The SMILES string of the molecule is Cc1ccc(O)c2c1[C@]13CC4[C@@H](N4CC4CC4)[C@]1(O)CC[C@@H](N1C(=O)c4ccccc4S1(=O)=O)[C@@H]3O2. The molecule has 8 rings (SSSR count). The van der Waals surface area contributed by atoms with Gasteiger partial charge in [0.25, 0.3) is 15.9 Å². The van der Waals surface area contributed by atoms with Gasteiger partial charge in [0.1, 0.15) is 11.0 Å². The van der Waals surface area contributed by atoms with E-state index in [4.69, 9.17) is 4.74 Å². The average molecular weight is 509 g/mol. The van der Waals surface area contributed by atoms with E-state index in [9.17, 15) is 23.4 Å². The van der Waals surface area contributed by atoms with Crippen molar-refractivity contribution in [3.63, 3.8) is 0 Å². The van der Waals surface area contributed by atoms with Crippen molar-refractivity contribution >= 4 is 15.9 Å². The minimum Gasteiger partial charge on any atom is -0.504 e. The van der Waals surface area contributed by atoms with Crippen LogP contribution in [0.3, 0.4) is 0 Å². The van der Waals surface area contributed by atoms with Gasteiger partial charge in [0, 0.05) is 18.2 Å². The monoisotopic (exact) mass is 508 g/mol. The predicted octanol–water partition coefficient (Wildman–Crippen LogP) is 2.30. The number of nitrogens with zero attached hydrogens (tertiary/aromatic N) is 2. The number of aromatic hydroxyl groups is 1. The second-order valence-electron chi connectivity index (χ2n) is 11.6. The molecule has 2 aromatic carbocycles. The van der Waals surface area contributed by atoms with Crippen molar-refractivity contribution in [1.82, 2.24) is 9.21 Å². The van der Waals surface area contributed by atoms with Crippen LogP contribution >= 0.6 is 0 Å². The first-order valence-corrected chi connectivity index (χ1v) is 14.3. The number of phenolic OH excluding ortho intramolecular Hbond substituents is 1. The van der Waals surface area contributed by atoms with E-state index in [0.717, 1.165) is 22.0 Å². The number of sulfonamides is 1. The van der Waals surface area contributed by atoms with Gasteiger partial charge in [0.2, 0.25) is 0 Å². The Morgan fingerprint density at radius 3 is 2.64 bits per heavy atom. The highest BCUT2D eigenvalue weighted by Gasteiger charge is 2.81. The molecule has 7 atom stereocenters. The van der Waals surface area contributed by atoms with Gasteiger partial charge in [0.15, 0.2) is 11.5 Å². The lowest BCUT2D eigenvalue weighted by Crippen LogP contribution is -2.68. The Bertz CT molecular complexity index is 1470. The van der Waals surface area contributed by atoms with E-state index < -0.39 is 39.1 Å². The molecule has 2 N–H and O–H groups in total. The number of fused-ring (bicyclic) bond motifs is 4. The van der Waals surface area contributed by atoms with Crippen molar-refractivity contribution in [2.75, 3.05) is 6.54 Å². The maximum Gasteiger partial charge on any atom is 0.269 e. The van der Waals surface area contributed by atoms with Crippen LogP contribution in [-0.2, 0) is 15.4 Å². The van der Waals surface area contributed by atoms with Crippen LogP contribution in [0.15, 0.2) is 41.3 Å². The predicted molar refractivity (Wildman–Crippen MR) is 128 cm³/mol. The number of ether oxygens (including phenoxy) is 1. The van der Waals surface area contributed by atoms with Gasteiger partial charge in [-0.3, -0.25) is 9.69 Å². The van der Waals surface area contributed by atoms with Crippen LogP contribution in [0.5, 0.6) is 11.5 Å². The van der Waals surface area contributed by atoms with Gasteiger partial charge in [-0.2, -0.15) is 0 Å². The Labute approximate surface area is 209 Å². The molecule has 6 aliphatic rings. The molecule has 3 aliphatic carbocycles. The Hall–Kier alpha value is -2.62. The number of carbonyl (C=O) groups excluding carboxylic acids is 1. The molecule has 1 saturated heterocycles. The van der Waals surface area contributed by atoms with Crippen molar-refractivity contribution in [3.8, 4) is 11.5 Å². The highest BCUT2D eigenvalue weighted by atomic mass is 32.2. The molecule has 1 spiro atoms. The van der Waals surface area contributed by atoms with Gasteiger partial charge >= 0.3 is 0 Å². The summed E-state index contributed by atoms with van der Waals surface area (Å²) < 4.78 is 34.8. The van der Waals surface area contributed by atoms with Crippen LogP contribution in [0.1, 0.15) is 53.6 Å². The van der Waals surface area contributed by atoms with Gasteiger partial charge in [0.05, 0.1) is 28.7 Å². The number of benzene rings is 2. The van der Waals surface area contributed by atoms with E-state index in [1.165, 1.54) is 18.9 Å². The van der Waals surface area contributed by atoms with Crippen LogP contribution in [0.25, 0.3) is 0 Å². The first-order valence-electron chi connectivity index (χ1n) is 12.9. The largest absolute Gasteiger partial charge is 0.504 e. The third-order valence-electron chi connectivity index (χ3n) is 9.87. The molecule has 2 aromatic rings. The highest BCUT2D eigenvalue weighted by Crippen LogP contribution is 2.70. The number of likely N-dealkylation sites (tertiary alicyclic amines) is 1. The Kier molecular flexibility index (Phi) is 3.84. The average Bonchev–Trinajstić information content (AvgIpc) is 3.72. The number of hydrogen-bond acceptors (Lipinski definition) is 7. The molecule has 0 aromatic heterocycles. The van der Waals surface area contributed by atoms with Crippen LogP contribution in [0, 0.1) is 12.8 Å². The summed E-state index contributed by atoms with van der Waals surface area (Å²) in [5.74, 6) is 0.456.